The molecule has 1 fully saturated rings. The van der Waals surface area contributed by atoms with Gasteiger partial charge in [-0.05, 0) is 47.4 Å². The molecule has 94 valence electrons. The van der Waals surface area contributed by atoms with Crippen molar-refractivity contribution in [3.63, 3.8) is 0 Å². The minimum atomic E-state index is -3.25. The molecule has 0 atom stereocenters. The Balaban J connectivity index is 2.33. The minimum Gasteiger partial charge on any atom is -0.489 e. The second-order valence-corrected chi connectivity index (χ2v) is 7.36. The van der Waals surface area contributed by atoms with E-state index in [0.29, 0.717) is 22.0 Å². The summed E-state index contributed by atoms with van der Waals surface area (Å²) in [6.07, 6.45) is 3.85. The van der Waals surface area contributed by atoms with E-state index in [-0.39, 0.29) is 10.6 Å². The lowest BCUT2D eigenvalue weighted by Crippen LogP contribution is -2.10. The van der Waals surface area contributed by atoms with Gasteiger partial charge in [0.15, 0.2) is 15.6 Å². The number of rotatable bonds is 5. The second-order valence-electron chi connectivity index (χ2n) is 4.09. The molecule has 1 saturated carbocycles. The summed E-state index contributed by atoms with van der Waals surface area (Å²) in [6, 6.07) is 1.52. The predicted octanol–water partition coefficient (Wildman–Crippen LogP) is 2.27. The lowest BCUT2D eigenvalue weighted by Gasteiger charge is -2.11. The highest BCUT2D eigenvalue weighted by atomic mass is 127. The van der Waals surface area contributed by atoms with Gasteiger partial charge in [-0.3, -0.25) is 0 Å². The van der Waals surface area contributed by atoms with Crippen LogP contribution in [0.4, 0.5) is 0 Å². The standard InChI is InChI=1S/C11H14INO3S/c1-2-17(14,15)9-5-6-13-11(12)10(9)16-7-8-3-4-8/h5-6,8H,2-4,7H2,1H3. The highest BCUT2D eigenvalue weighted by Gasteiger charge is 2.25. The minimum absolute atomic E-state index is 0.0763. The monoisotopic (exact) mass is 367 g/mol. The van der Waals surface area contributed by atoms with Crippen LogP contribution in [0.25, 0.3) is 0 Å². The molecule has 0 radical (unpaired) electrons. The Bertz CT molecular complexity index is 511. The number of hydrogen-bond donors (Lipinski definition) is 0. The third-order valence-corrected chi connectivity index (χ3v) is 5.22. The van der Waals surface area contributed by atoms with Crippen molar-refractivity contribution in [3.05, 3.63) is 16.0 Å². The molecular formula is C11H14INO3S. The molecule has 17 heavy (non-hydrogen) atoms. The molecule has 0 aliphatic heterocycles. The molecule has 0 saturated heterocycles. The normalized spacial score (nSPS) is 15.9. The summed E-state index contributed by atoms with van der Waals surface area (Å²) in [5.41, 5.74) is 0. The van der Waals surface area contributed by atoms with Crippen molar-refractivity contribution in [1.82, 2.24) is 4.98 Å². The highest BCUT2D eigenvalue weighted by molar-refractivity contribution is 14.1. The first-order chi connectivity index (χ1) is 8.04. The Morgan fingerprint density at radius 2 is 2.24 bits per heavy atom. The quantitative estimate of drug-likeness (QED) is 0.592. The van der Waals surface area contributed by atoms with Crippen LogP contribution < -0.4 is 4.74 Å². The van der Waals surface area contributed by atoms with Gasteiger partial charge in [0.25, 0.3) is 0 Å². The number of aromatic nitrogens is 1. The van der Waals surface area contributed by atoms with Crippen LogP contribution >= 0.6 is 22.6 Å². The van der Waals surface area contributed by atoms with E-state index < -0.39 is 9.84 Å². The summed E-state index contributed by atoms with van der Waals surface area (Å²) in [6.45, 7) is 2.22. The average Bonchev–Trinajstić information content (AvgIpc) is 3.11. The predicted molar refractivity (Wildman–Crippen MR) is 72.9 cm³/mol. The van der Waals surface area contributed by atoms with Gasteiger partial charge in [0.1, 0.15) is 8.60 Å². The molecule has 1 aliphatic rings. The maximum Gasteiger partial charge on any atom is 0.181 e. The van der Waals surface area contributed by atoms with Crippen molar-refractivity contribution in [2.24, 2.45) is 5.92 Å². The van der Waals surface area contributed by atoms with Crippen LogP contribution in [0.1, 0.15) is 19.8 Å². The summed E-state index contributed by atoms with van der Waals surface area (Å²) in [7, 11) is -3.25. The van der Waals surface area contributed by atoms with Gasteiger partial charge in [0, 0.05) is 6.20 Å². The molecular weight excluding hydrogens is 353 g/mol. The number of ether oxygens (including phenoxy) is 1. The van der Waals surface area contributed by atoms with Crippen LogP contribution in [0.5, 0.6) is 5.75 Å². The van der Waals surface area contributed by atoms with E-state index in [1.807, 2.05) is 22.6 Å². The maximum atomic E-state index is 11.9. The molecule has 0 N–H and O–H groups in total. The van der Waals surface area contributed by atoms with Gasteiger partial charge in [0.2, 0.25) is 0 Å². The topological polar surface area (TPSA) is 56.3 Å². The fraction of sp³-hybridized carbons (Fsp3) is 0.545. The molecule has 1 aromatic heterocycles. The molecule has 0 bridgehead atoms. The zero-order chi connectivity index (χ0) is 12.5. The molecule has 1 aromatic rings. The smallest absolute Gasteiger partial charge is 0.181 e. The van der Waals surface area contributed by atoms with Crippen LogP contribution in [0.3, 0.4) is 0 Å². The van der Waals surface area contributed by atoms with Gasteiger partial charge in [-0.25, -0.2) is 13.4 Å². The van der Waals surface area contributed by atoms with Crippen LogP contribution in [-0.2, 0) is 9.84 Å². The van der Waals surface area contributed by atoms with Gasteiger partial charge < -0.3 is 4.74 Å². The van der Waals surface area contributed by atoms with Crippen LogP contribution in [0.2, 0.25) is 0 Å². The lowest BCUT2D eigenvalue weighted by atomic mass is 10.4. The zero-order valence-corrected chi connectivity index (χ0v) is 12.5. The molecule has 0 spiro atoms. The number of hydrogen-bond acceptors (Lipinski definition) is 4. The second kappa shape index (κ2) is 5.09. The van der Waals surface area contributed by atoms with E-state index in [9.17, 15) is 8.42 Å². The first kappa shape index (κ1) is 13.1. The van der Waals surface area contributed by atoms with Gasteiger partial charge in [-0.1, -0.05) is 6.92 Å². The Labute approximate surface area is 115 Å². The van der Waals surface area contributed by atoms with E-state index in [4.69, 9.17) is 4.74 Å². The van der Waals surface area contributed by atoms with E-state index in [1.165, 1.54) is 25.1 Å². The Morgan fingerprint density at radius 1 is 1.53 bits per heavy atom. The van der Waals surface area contributed by atoms with Crippen LogP contribution in [0, 0.1) is 9.62 Å². The van der Waals surface area contributed by atoms with Gasteiger partial charge in [-0.2, -0.15) is 0 Å². The number of halogens is 1. The number of sulfone groups is 1. The summed E-state index contributed by atoms with van der Waals surface area (Å²) in [4.78, 5) is 4.35. The molecule has 0 aromatic carbocycles. The average molecular weight is 367 g/mol. The maximum absolute atomic E-state index is 11.9. The third-order valence-electron chi connectivity index (χ3n) is 2.70. The summed E-state index contributed by atoms with van der Waals surface area (Å²) < 4.78 is 30.1. The van der Waals surface area contributed by atoms with Crippen molar-refractivity contribution in [2.75, 3.05) is 12.4 Å². The molecule has 4 nitrogen and oxygen atoms in total. The Hall–Kier alpha value is -0.370. The fourth-order valence-corrected chi connectivity index (χ4v) is 3.23. The molecule has 1 heterocycles. The first-order valence-corrected chi connectivity index (χ1v) is 8.27. The van der Waals surface area contributed by atoms with Crippen LogP contribution in [0.15, 0.2) is 17.2 Å². The lowest BCUT2D eigenvalue weighted by molar-refractivity contribution is 0.288. The number of pyridine rings is 1. The van der Waals surface area contributed by atoms with Crippen molar-refractivity contribution in [1.29, 1.82) is 0 Å². The zero-order valence-electron chi connectivity index (χ0n) is 9.52. The highest BCUT2D eigenvalue weighted by Crippen LogP contribution is 2.33. The number of nitrogens with zero attached hydrogens (tertiary/aromatic N) is 1. The van der Waals surface area contributed by atoms with E-state index in [0.717, 1.165) is 0 Å². The van der Waals surface area contributed by atoms with Gasteiger partial charge >= 0.3 is 0 Å². The van der Waals surface area contributed by atoms with E-state index >= 15 is 0 Å². The van der Waals surface area contributed by atoms with Crippen LogP contribution in [-0.4, -0.2) is 25.8 Å². The van der Waals surface area contributed by atoms with Crippen molar-refractivity contribution < 1.29 is 13.2 Å². The molecule has 0 unspecified atom stereocenters. The Kier molecular flexibility index (Phi) is 3.92. The molecule has 1 aliphatic carbocycles. The molecule has 0 amide bonds. The fourth-order valence-electron chi connectivity index (χ4n) is 1.42. The van der Waals surface area contributed by atoms with Gasteiger partial charge in [-0.15, -0.1) is 0 Å². The van der Waals surface area contributed by atoms with E-state index in [1.54, 1.807) is 6.92 Å². The summed E-state index contributed by atoms with van der Waals surface area (Å²) >= 11 is 2.01. The third kappa shape index (κ3) is 3.09. The van der Waals surface area contributed by atoms with Gasteiger partial charge in [0.05, 0.1) is 12.4 Å². The summed E-state index contributed by atoms with van der Waals surface area (Å²) in [5, 5.41) is 0. The van der Waals surface area contributed by atoms with Crippen molar-refractivity contribution in [3.8, 4) is 5.75 Å². The molecule has 6 heteroatoms. The largest absolute Gasteiger partial charge is 0.489 e. The first-order valence-electron chi connectivity index (χ1n) is 5.54. The van der Waals surface area contributed by atoms with E-state index in [2.05, 4.69) is 4.98 Å². The molecule has 2 rings (SSSR count). The SMILES string of the molecule is CCS(=O)(=O)c1ccnc(I)c1OCC1CC1. The Morgan fingerprint density at radius 3 is 2.82 bits per heavy atom. The summed E-state index contributed by atoms with van der Waals surface area (Å²) in [5.74, 6) is 1.08. The van der Waals surface area contributed by atoms with Crippen molar-refractivity contribution in [2.45, 2.75) is 24.7 Å². The van der Waals surface area contributed by atoms with Crippen molar-refractivity contribution >= 4 is 32.4 Å².